The lowest BCUT2D eigenvalue weighted by molar-refractivity contribution is -0.202. The Balaban J connectivity index is 1.46. The van der Waals surface area contributed by atoms with Crippen LogP contribution in [0.25, 0.3) is 21.9 Å². The predicted octanol–water partition coefficient (Wildman–Crippen LogP) is 4.77. The highest BCUT2D eigenvalue weighted by atomic mass is 31.2. The molecule has 2 N–H and O–H groups in total. The van der Waals surface area contributed by atoms with Crippen LogP contribution in [-0.2, 0) is 23.4 Å². The van der Waals surface area contributed by atoms with Gasteiger partial charge in [-0.05, 0) is 46.1 Å². The number of benzene rings is 2. The van der Waals surface area contributed by atoms with Crippen LogP contribution in [-0.4, -0.2) is 81.1 Å². The highest BCUT2D eigenvalue weighted by Crippen LogP contribution is 2.52. The van der Waals surface area contributed by atoms with Gasteiger partial charge in [-0.3, -0.25) is 13.9 Å². The van der Waals surface area contributed by atoms with E-state index in [4.69, 9.17) is 18.5 Å². The molecule has 16 heteroatoms. The molecule has 3 heterocycles. The molecule has 5 rings (SSSR count). The van der Waals surface area contributed by atoms with Gasteiger partial charge >= 0.3 is 13.7 Å². The van der Waals surface area contributed by atoms with E-state index in [1.54, 1.807) is 76.2 Å². The number of nitrogens with zero attached hydrogens (tertiary/aromatic N) is 5. The summed E-state index contributed by atoms with van der Waals surface area (Å²) in [6.07, 6.45) is -3.45. The molecule has 0 aliphatic carbocycles. The van der Waals surface area contributed by atoms with Crippen LogP contribution in [0.5, 0.6) is 5.75 Å². The maximum Gasteiger partial charge on any atom is 0.459 e. The molecule has 1 saturated heterocycles. The predicted molar refractivity (Wildman–Crippen MR) is 166 cm³/mol. The van der Waals surface area contributed by atoms with Gasteiger partial charge in [-0.25, -0.2) is 28.3 Å². The van der Waals surface area contributed by atoms with Crippen LogP contribution in [0, 0.1) is 6.92 Å². The van der Waals surface area contributed by atoms with E-state index in [-0.39, 0.29) is 11.4 Å². The number of hydrogen-bond donors (Lipinski definition) is 2. The second-order valence-corrected chi connectivity index (χ2v) is 13.5. The molecule has 2 aromatic carbocycles. The van der Waals surface area contributed by atoms with Gasteiger partial charge in [0, 0.05) is 19.5 Å². The summed E-state index contributed by atoms with van der Waals surface area (Å²) in [5.41, 5.74) is -2.30. The lowest BCUT2D eigenvalue weighted by atomic mass is 9.97. The Labute approximate surface area is 264 Å². The summed E-state index contributed by atoms with van der Waals surface area (Å²) < 4.78 is 70.2. The number of ether oxygens (including phenoxy) is 2. The number of hydrogen-bond acceptors (Lipinski definition) is 11. The summed E-state index contributed by atoms with van der Waals surface area (Å²) in [4.78, 5) is 27.3. The SMILES string of the molecule is Cc1nc(N(C)C)c2ncn([C@@H]3O[C@](F)(CO[P@@](=O)(N[C@H](C)C(=O)OC(C)C)Oc4cccc5ccccc45)[C@@H](O)[C@@]3(C)F)c2n1. The van der Waals surface area contributed by atoms with Crippen molar-refractivity contribution in [3.05, 3.63) is 54.6 Å². The maximum absolute atomic E-state index is 16.5. The monoisotopic (exact) mass is 662 g/mol. The number of aliphatic hydroxyl groups excluding tert-OH is 1. The molecular weight excluding hydrogens is 625 g/mol. The Bertz CT molecular complexity index is 1800. The number of esters is 1. The van der Waals surface area contributed by atoms with E-state index in [2.05, 4.69) is 20.0 Å². The number of aromatic nitrogens is 4. The Kier molecular flexibility index (Phi) is 9.10. The quantitative estimate of drug-likeness (QED) is 0.168. The Morgan fingerprint density at radius 1 is 1.17 bits per heavy atom. The minimum Gasteiger partial charge on any atom is -0.462 e. The minimum atomic E-state index is -4.66. The third kappa shape index (κ3) is 6.42. The lowest BCUT2D eigenvalue weighted by Crippen LogP contribution is -2.47. The fraction of sp³-hybridized carbons (Fsp3) is 0.467. The molecule has 1 fully saturated rings. The van der Waals surface area contributed by atoms with Crippen LogP contribution >= 0.6 is 7.75 Å². The van der Waals surface area contributed by atoms with E-state index >= 15 is 8.78 Å². The van der Waals surface area contributed by atoms with Crippen molar-refractivity contribution in [1.82, 2.24) is 24.6 Å². The standard InChI is InChI=1S/C30H37F2N6O7P/c1-17(2)43-26(39)18(3)36-46(41,45-22-14-10-12-20-11-8-9-13-21(20)22)42-15-30(32)27(40)29(5,31)28(44-30)38-16-33-23-24(37(6)7)34-19(4)35-25(23)38/h8-14,16-18,27-28,40H,15H2,1-7H3,(H,36,41)/t18-,27+,28-,29-,30-,46+/m1/s1. The van der Waals surface area contributed by atoms with Crippen molar-refractivity contribution in [2.45, 2.75) is 70.6 Å². The molecule has 1 aliphatic heterocycles. The number of anilines is 1. The topological polar surface area (TPSA) is 150 Å². The molecule has 0 spiro atoms. The number of nitrogens with one attached hydrogen (secondary N) is 1. The van der Waals surface area contributed by atoms with Crippen LogP contribution in [0.4, 0.5) is 14.6 Å². The van der Waals surface area contributed by atoms with Gasteiger partial charge in [0.25, 0.3) is 5.85 Å². The Morgan fingerprint density at radius 2 is 1.87 bits per heavy atom. The van der Waals surface area contributed by atoms with E-state index in [1.807, 2.05) is 0 Å². The maximum atomic E-state index is 16.5. The van der Waals surface area contributed by atoms with Crippen LogP contribution in [0.3, 0.4) is 0 Å². The third-order valence-corrected chi connectivity index (χ3v) is 8.99. The van der Waals surface area contributed by atoms with Crippen molar-refractivity contribution < 1.29 is 41.8 Å². The van der Waals surface area contributed by atoms with Gasteiger partial charge < -0.3 is 24.0 Å². The number of rotatable bonds is 11. The first kappa shape index (κ1) is 33.6. The summed E-state index contributed by atoms with van der Waals surface area (Å²) in [5.74, 6) is -3.13. The van der Waals surface area contributed by atoms with Gasteiger partial charge in [-0.2, -0.15) is 5.09 Å². The van der Waals surface area contributed by atoms with E-state index in [1.165, 1.54) is 19.3 Å². The zero-order valence-corrected chi connectivity index (χ0v) is 27.4. The average Bonchev–Trinajstić information content (AvgIpc) is 3.47. The number of aliphatic hydroxyl groups is 1. The van der Waals surface area contributed by atoms with Gasteiger partial charge in [-0.15, -0.1) is 0 Å². The summed E-state index contributed by atoms with van der Waals surface area (Å²) in [7, 11) is -1.16. The molecule has 2 aromatic heterocycles. The number of imidazole rings is 1. The lowest BCUT2D eigenvalue weighted by Gasteiger charge is -2.28. The molecular formula is C30H37F2N6O7P. The van der Waals surface area contributed by atoms with Gasteiger partial charge in [0.2, 0.25) is 0 Å². The highest BCUT2D eigenvalue weighted by Gasteiger charge is 2.65. The van der Waals surface area contributed by atoms with Crippen LogP contribution in [0.15, 0.2) is 48.8 Å². The zero-order chi connectivity index (χ0) is 33.6. The molecule has 6 atom stereocenters. The number of carbonyl (C=O) groups is 1. The molecule has 0 saturated carbocycles. The van der Waals surface area contributed by atoms with Crippen molar-refractivity contribution in [2.24, 2.45) is 0 Å². The van der Waals surface area contributed by atoms with E-state index in [0.717, 1.165) is 16.9 Å². The first-order chi connectivity index (χ1) is 21.5. The average molecular weight is 663 g/mol. The normalized spacial score (nSPS) is 25.1. The summed E-state index contributed by atoms with van der Waals surface area (Å²) in [5, 5.41) is 14.7. The third-order valence-electron chi connectivity index (χ3n) is 7.38. The minimum absolute atomic E-state index is 0.101. The molecule has 0 unspecified atom stereocenters. The first-order valence-electron chi connectivity index (χ1n) is 14.6. The Morgan fingerprint density at radius 3 is 2.57 bits per heavy atom. The molecule has 1 aliphatic rings. The smallest absolute Gasteiger partial charge is 0.459 e. The van der Waals surface area contributed by atoms with Crippen molar-refractivity contribution in [2.75, 3.05) is 25.6 Å². The molecule has 0 bridgehead atoms. The van der Waals surface area contributed by atoms with Crippen molar-refractivity contribution in [3.63, 3.8) is 0 Å². The number of fused-ring (bicyclic) bond motifs is 2. The summed E-state index contributed by atoms with van der Waals surface area (Å²) >= 11 is 0. The van der Waals surface area contributed by atoms with Crippen molar-refractivity contribution in [1.29, 1.82) is 0 Å². The van der Waals surface area contributed by atoms with Crippen LogP contribution < -0.4 is 14.5 Å². The molecule has 46 heavy (non-hydrogen) atoms. The van der Waals surface area contributed by atoms with Crippen molar-refractivity contribution in [3.8, 4) is 5.75 Å². The molecule has 13 nitrogen and oxygen atoms in total. The van der Waals surface area contributed by atoms with E-state index in [0.29, 0.717) is 22.5 Å². The summed E-state index contributed by atoms with van der Waals surface area (Å²) in [6, 6.07) is 10.8. The molecule has 0 radical (unpaired) electrons. The van der Waals surface area contributed by atoms with E-state index < -0.39 is 56.3 Å². The number of halogens is 2. The highest BCUT2D eigenvalue weighted by molar-refractivity contribution is 7.52. The second-order valence-electron chi connectivity index (χ2n) is 11.8. The molecule has 4 aromatic rings. The first-order valence-corrected chi connectivity index (χ1v) is 16.1. The van der Waals surface area contributed by atoms with Gasteiger partial charge in [0.05, 0.1) is 12.4 Å². The van der Waals surface area contributed by atoms with Crippen molar-refractivity contribution >= 4 is 41.5 Å². The fourth-order valence-corrected chi connectivity index (χ4v) is 6.67. The van der Waals surface area contributed by atoms with E-state index in [9.17, 15) is 14.5 Å². The number of aryl methyl sites for hydroxylation is 1. The molecule has 0 amide bonds. The molecule has 248 valence electrons. The van der Waals surface area contributed by atoms with Gasteiger partial charge in [0.1, 0.15) is 24.2 Å². The fourth-order valence-electron chi connectivity index (χ4n) is 5.15. The number of carbonyl (C=O) groups excluding carboxylic acids is 1. The van der Waals surface area contributed by atoms with Gasteiger partial charge in [-0.1, -0.05) is 36.4 Å². The van der Waals surface area contributed by atoms with Crippen LogP contribution in [0.1, 0.15) is 39.7 Å². The second kappa shape index (κ2) is 12.5. The largest absolute Gasteiger partial charge is 0.462 e. The van der Waals surface area contributed by atoms with Crippen LogP contribution in [0.2, 0.25) is 0 Å². The Hall–Kier alpha value is -3.75. The number of alkyl halides is 2. The zero-order valence-electron chi connectivity index (χ0n) is 26.5. The summed E-state index contributed by atoms with van der Waals surface area (Å²) in [6.45, 7) is 5.99. The van der Waals surface area contributed by atoms with Gasteiger partial charge in [0.15, 0.2) is 35.0 Å².